The summed E-state index contributed by atoms with van der Waals surface area (Å²) in [6.07, 6.45) is 2.33. The first kappa shape index (κ1) is 12.2. The highest BCUT2D eigenvalue weighted by Gasteiger charge is 2.27. The lowest BCUT2D eigenvalue weighted by molar-refractivity contribution is 0.0797. The number of nitrogens with zero attached hydrogens (tertiary/aromatic N) is 2. The van der Waals surface area contributed by atoms with Crippen LogP contribution in [0.2, 0.25) is 0 Å². The molecule has 2 aliphatic rings. The third kappa shape index (κ3) is 2.08. The van der Waals surface area contributed by atoms with E-state index in [9.17, 15) is 4.79 Å². The average molecular weight is 264 g/mol. The molecule has 0 unspecified atom stereocenters. The molecule has 1 fully saturated rings. The third-order valence-corrected chi connectivity index (χ3v) is 5.10. The van der Waals surface area contributed by atoms with Crippen LogP contribution in [0.25, 0.3) is 0 Å². The SMILES string of the molecule is CC(C)N1Cc2cc(C(=O)N3CCCC3)sc2C1. The molecule has 0 spiro atoms. The maximum absolute atomic E-state index is 12.3. The number of rotatable bonds is 2. The Labute approximate surface area is 112 Å². The Morgan fingerprint density at radius 1 is 1.28 bits per heavy atom. The van der Waals surface area contributed by atoms with Gasteiger partial charge in [0.1, 0.15) is 0 Å². The second kappa shape index (κ2) is 4.67. The van der Waals surface area contributed by atoms with Crippen molar-refractivity contribution in [1.29, 1.82) is 0 Å². The minimum Gasteiger partial charge on any atom is -0.338 e. The van der Waals surface area contributed by atoms with Crippen molar-refractivity contribution in [2.75, 3.05) is 13.1 Å². The zero-order valence-corrected chi connectivity index (χ0v) is 11.9. The van der Waals surface area contributed by atoms with Crippen LogP contribution in [0.4, 0.5) is 0 Å². The maximum atomic E-state index is 12.3. The highest BCUT2D eigenvalue weighted by Crippen LogP contribution is 2.33. The molecular weight excluding hydrogens is 244 g/mol. The standard InChI is InChI=1S/C14H20N2OS/c1-10(2)16-8-11-7-12(18-13(11)9-16)14(17)15-5-3-4-6-15/h7,10H,3-6,8-9H2,1-2H3. The van der Waals surface area contributed by atoms with Crippen LogP contribution in [-0.4, -0.2) is 34.8 Å². The van der Waals surface area contributed by atoms with Gasteiger partial charge >= 0.3 is 0 Å². The number of hydrogen-bond acceptors (Lipinski definition) is 3. The summed E-state index contributed by atoms with van der Waals surface area (Å²) in [5.41, 5.74) is 1.37. The van der Waals surface area contributed by atoms with E-state index in [1.807, 2.05) is 4.90 Å². The van der Waals surface area contributed by atoms with Crippen molar-refractivity contribution in [3.8, 4) is 0 Å². The van der Waals surface area contributed by atoms with E-state index in [-0.39, 0.29) is 5.91 Å². The number of thiophene rings is 1. The zero-order chi connectivity index (χ0) is 12.7. The van der Waals surface area contributed by atoms with Crippen molar-refractivity contribution in [2.24, 2.45) is 0 Å². The Hall–Kier alpha value is -0.870. The van der Waals surface area contributed by atoms with E-state index in [4.69, 9.17) is 0 Å². The van der Waals surface area contributed by atoms with Gasteiger partial charge in [-0.2, -0.15) is 0 Å². The molecule has 0 atom stereocenters. The number of amides is 1. The van der Waals surface area contributed by atoms with Gasteiger partial charge in [0.2, 0.25) is 0 Å². The number of carbonyl (C=O) groups is 1. The minimum absolute atomic E-state index is 0.253. The van der Waals surface area contributed by atoms with Crippen molar-refractivity contribution >= 4 is 17.2 Å². The Kier molecular flexibility index (Phi) is 3.16. The smallest absolute Gasteiger partial charge is 0.263 e. The summed E-state index contributed by atoms with van der Waals surface area (Å²) in [5, 5.41) is 0. The lowest BCUT2D eigenvalue weighted by atomic mass is 10.2. The molecule has 0 radical (unpaired) electrons. The summed E-state index contributed by atoms with van der Waals surface area (Å²) < 4.78 is 0. The lowest BCUT2D eigenvalue weighted by Gasteiger charge is -2.19. The van der Waals surface area contributed by atoms with Gasteiger partial charge < -0.3 is 4.90 Å². The molecule has 0 saturated carbocycles. The van der Waals surface area contributed by atoms with Gasteiger partial charge in [-0.3, -0.25) is 9.69 Å². The van der Waals surface area contributed by atoms with E-state index >= 15 is 0 Å². The molecule has 0 aromatic carbocycles. The van der Waals surface area contributed by atoms with Gasteiger partial charge in [0.25, 0.3) is 5.91 Å². The molecule has 1 aromatic rings. The topological polar surface area (TPSA) is 23.6 Å². The number of hydrogen-bond donors (Lipinski definition) is 0. The molecule has 3 nitrogen and oxygen atoms in total. The van der Waals surface area contributed by atoms with Gasteiger partial charge in [-0.25, -0.2) is 0 Å². The van der Waals surface area contributed by atoms with Gasteiger partial charge in [-0.15, -0.1) is 11.3 Å². The van der Waals surface area contributed by atoms with Crippen molar-refractivity contribution < 1.29 is 4.79 Å². The van der Waals surface area contributed by atoms with Crippen LogP contribution in [0.15, 0.2) is 6.07 Å². The molecule has 0 aliphatic carbocycles. The fraction of sp³-hybridized carbons (Fsp3) is 0.643. The fourth-order valence-corrected chi connectivity index (χ4v) is 3.91. The molecule has 0 bridgehead atoms. The first-order valence-corrected chi connectivity index (χ1v) is 7.61. The van der Waals surface area contributed by atoms with Crippen LogP contribution in [-0.2, 0) is 13.1 Å². The molecule has 2 aliphatic heterocycles. The molecule has 18 heavy (non-hydrogen) atoms. The zero-order valence-electron chi connectivity index (χ0n) is 11.1. The highest BCUT2D eigenvalue weighted by molar-refractivity contribution is 7.14. The fourth-order valence-electron chi connectivity index (χ4n) is 2.74. The molecule has 1 amide bonds. The number of fused-ring (bicyclic) bond motifs is 1. The maximum Gasteiger partial charge on any atom is 0.263 e. The minimum atomic E-state index is 0.253. The van der Waals surface area contributed by atoms with E-state index in [0.29, 0.717) is 6.04 Å². The Balaban J connectivity index is 1.74. The average Bonchev–Trinajstić information content (AvgIpc) is 3.03. The summed E-state index contributed by atoms with van der Waals surface area (Å²) in [6.45, 7) is 8.38. The summed E-state index contributed by atoms with van der Waals surface area (Å²) in [5.74, 6) is 0.253. The largest absolute Gasteiger partial charge is 0.338 e. The van der Waals surface area contributed by atoms with Gasteiger partial charge in [0, 0.05) is 37.1 Å². The summed E-state index contributed by atoms with van der Waals surface area (Å²) >= 11 is 1.71. The first-order chi connectivity index (χ1) is 8.65. The molecular formula is C14H20N2OS. The van der Waals surface area contributed by atoms with Gasteiger partial charge in [-0.1, -0.05) is 0 Å². The van der Waals surface area contributed by atoms with Gasteiger partial charge in [0.05, 0.1) is 4.88 Å². The van der Waals surface area contributed by atoms with E-state index in [1.165, 1.54) is 10.4 Å². The summed E-state index contributed by atoms with van der Waals surface area (Å²) in [7, 11) is 0. The number of carbonyl (C=O) groups excluding carboxylic acids is 1. The van der Waals surface area contributed by atoms with Gasteiger partial charge in [-0.05, 0) is 38.3 Å². The molecule has 4 heteroatoms. The monoisotopic (exact) mass is 264 g/mol. The number of likely N-dealkylation sites (tertiary alicyclic amines) is 1. The van der Waals surface area contributed by atoms with E-state index in [2.05, 4.69) is 24.8 Å². The molecule has 1 aromatic heterocycles. The molecule has 98 valence electrons. The molecule has 0 N–H and O–H groups in total. The summed E-state index contributed by atoms with van der Waals surface area (Å²) in [6, 6.07) is 2.71. The molecule has 3 rings (SSSR count). The second-order valence-corrected chi connectivity index (χ2v) is 6.69. The van der Waals surface area contributed by atoms with Crippen LogP contribution in [0.5, 0.6) is 0 Å². The Morgan fingerprint density at radius 3 is 2.61 bits per heavy atom. The highest BCUT2D eigenvalue weighted by atomic mass is 32.1. The van der Waals surface area contributed by atoms with Crippen LogP contribution in [0.1, 0.15) is 46.8 Å². The lowest BCUT2D eigenvalue weighted by Crippen LogP contribution is -2.27. The molecule has 1 saturated heterocycles. The normalized spacial score (nSPS) is 19.8. The Bertz CT molecular complexity index is 437. The van der Waals surface area contributed by atoms with Crippen LogP contribution in [0.3, 0.4) is 0 Å². The van der Waals surface area contributed by atoms with E-state index in [1.54, 1.807) is 11.3 Å². The quantitative estimate of drug-likeness (QED) is 0.820. The second-order valence-electron chi connectivity index (χ2n) is 5.56. The first-order valence-electron chi connectivity index (χ1n) is 6.80. The van der Waals surface area contributed by atoms with Gasteiger partial charge in [0.15, 0.2) is 0 Å². The Morgan fingerprint density at radius 2 is 2.00 bits per heavy atom. The van der Waals surface area contributed by atoms with Crippen molar-refractivity contribution in [3.63, 3.8) is 0 Å². The van der Waals surface area contributed by atoms with Crippen LogP contribution < -0.4 is 0 Å². The van der Waals surface area contributed by atoms with Crippen molar-refractivity contribution in [2.45, 2.75) is 45.8 Å². The van der Waals surface area contributed by atoms with Crippen molar-refractivity contribution in [3.05, 3.63) is 21.4 Å². The predicted octanol–water partition coefficient (Wildman–Crippen LogP) is 2.71. The van der Waals surface area contributed by atoms with E-state index in [0.717, 1.165) is 43.9 Å². The van der Waals surface area contributed by atoms with E-state index < -0.39 is 0 Å². The van der Waals surface area contributed by atoms with Crippen LogP contribution >= 0.6 is 11.3 Å². The predicted molar refractivity (Wildman–Crippen MR) is 73.8 cm³/mol. The van der Waals surface area contributed by atoms with Crippen LogP contribution in [0, 0.1) is 0 Å². The third-order valence-electron chi connectivity index (χ3n) is 3.95. The van der Waals surface area contributed by atoms with Crippen molar-refractivity contribution in [1.82, 2.24) is 9.80 Å². The summed E-state index contributed by atoms with van der Waals surface area (Å²) in [4.78, 5) is 19.1. The molecule has 3 heterocycles.